The molecule has 4 heteroatoms. The summed E-state index contributed by atoms with van der Waals surface area (Å²) in [6.45, 7) is 6.72. The Labute approximate surface area is 96.2 Å². The molecule has 0 bridgehead atoms. The van der Waals surface area contributed by atoms with Gasteiger partial charge in [0, 0.05) is 24.3 Å². The van der Waals surface area contributed by atoms with Crippen molar-refractivity contribution in [1.82, 2.24) is 5.32 Å². The summed E-state index contributed by atoms with van der Waals surface area (Å²) < 4.78 is 0. The Bertz CT molecular complexity index is 363. The van der Waals surface area contributed by atoms with E-state index in [-0.39, 0.29) is 5.91 Å². The highest BCUT2D eigenvalue weighted by Crippen LogP contribution is 2.14. The van der Waals surface area contributed by atoms with Gasteiger partial charge in [0.1, 0.15) is 0 Å². The maximum Gasteiger partial charge on any atom is 0.248 e. The van der Waals surface area contributed by atoms with Crippen LogP contribution < -0.4 is 16.4 Å². The molecule has 1 rings (SSSR count). The summed E-state index contributed by atoms with van der Waals surface area (Å²) in [5, 5.41) is 6.50. The molecule has 0 aliphatic rings. The SMILES string of the molecule is CCNCCNc1ccc(C(N)=O)c(C)c1. The van der Waals surface area contributed by atoms with Crippen molar-refractivity contribution in [3.8, 4) is 0 Å². The summed E-state index contributed by atoms with van der Waals surface area (Å²) in [6.07, 6.45) is 0. The van der Waals surface area contributed by atoms with Gasteiger partial charge in [-0.1, -0.05) is 6.92 Å². The van der Waals surface area contributed by atoms with Crippen molar-refractivity contribution < 1.29 is 4.79 Å². The van der Waals surface area contributed by atoms with Crippen LogP contribution in [0.2, 0.25) is 0 Å². The normalized spacial score (nSPS) is 10.1. The van der Waals surface area contributed by atoms with Gasteiger partial charge in [-0.2, -0.15) is 0 Å². The molecule has 0 unspecified atom stereocenters. The summed E-state index contributed by atoms with van der Waals surface area (Å²) >= 11 is 0. The van der Waals surface area contributed by atoms with E-state index in [1.165, 1.54) is 0 Å². The van der Waals surface area contributed by atoms with Gasteiger partial charge >= 0.3 is 0 Å². The van der Waals surface area contributed by atoms with E-state index in [1.807, 2.05) is 19.1 Å². The molecule has 0 atom stereocenters. The summed E-state index contributed by atoms with van der Waals surface area (Å²) in [4.78, 5) is 11.0. The quantitative estimate of drug-likeness (QED) is 0.630. The number of nitrogens with one attached hydrogen (secondary N) is 2. The molecule has 0 spiro atoms. The number of rotatable bonds is 6. The maximum absolute atomic E-state index is 11.0. The number of benzene rings is 1. The molecule has 0 fully saturated rings. The van der Waals surface area contributed by atoms with E-state index in [4.69, 9.17) is 5.73 Å². The fraction of sp³-hybridized carbons (Fsp3) is 0.417. The van der Waals surface area contributed by atoms with E-state index in [1.54, 1.807) is 6.07 Å². The minimum atomic E-state index is -0.378. The number of carbonyl (C=O) groups excluding carboxylic acids is 1. The number of carbonyl (C=O) groups is 1. The van der Waals surface area contributed by atoms with E-state index in [9.17, 15) is 4.79 Å². The number of hydrogen-bond acceptors (Lipinski definition) is 3. The number of amides is 1. The highest BCUT2D eigenvalue weighted by Gasteiger charge is 2.04. The second kappa shape index (κ2) is 6.12. The Morgan fingerprint density at radius 1 is 1.38 bits per heavy atom. The average Bonchev–Trinajstić information content (AvgIpc) is 2.24. The number of hydrogen-bond donors (Lipinski definition) is 3. The molecule has 88 valence electrons. The summed E-state index contributed by atoms with van der Waals surface area (Å²) in [5.74, 6) is -0.378. The Morgan fingerprint density at radius 3 is 2.69 bits per heavy atom. The second-order valence-electron chi connectivity index (χ2n) is 3.67. The lowest BCUT2D eigenvalue weighted by molar-refractivity contribution is 0.1000. The van der Waals surface area contributed by atoms with E-state index in [0.29, 0.717) is 5.56 Å². The van der Waals surface area contributed by atoms with Gasteiger partial charge in [-0.25, -0.2) is 0 Å². The predicted molar refractivity (Wildman–Crippen MR) is 66.7 cm³/mol. The lowest BCUT2D eigenvalue weighted by Gasteiger charge is -2.09. The molecule has 0 aromatic heterocycles. The standard InChI is InChI=1S/C12H19N3O/c1-3-14-6-7-15-10-4-5-11(12(13)16)9(2)8-10/h4-5,8,14-15H,3,6-7H2,1-2H3,(H2,13,16). The largest absolute Gasteiger partial charge is 0.384 e. The molecule has 1 aromatic rings. The predicted octanol–water partition coefficient (Wildman–Crippen LogP) is 1.12. The second-order valence-corrected chi connectivity index (χ2v) is 3.67. The highest BCUT2D eigenvalue weighted by atomic mass is 16.1. The van der Waals surface area contributed by atoms with E-state index < -0.39 is 0 Å². The molecular weight excluding hydrogens is 202 g/mol. The molecule has 1 aromatic carbocycles. The first-order valence-corrected chi connectivity index (χ1v) is 5.50. The highest BCUT2D eigenvalue weighted by molar-refractivity contribution is 5.94. The van der Waals surface area contributed by atoms with E-state index >= 15 is 0 Å². The van der Waals surface area contributed by atoms with E-state index in [0.717, 1.165) is 30.9 Å². The number of anilines is 1. The Kier molecular flexibility index (Phi) is 4.79. The zero-order valence-corrected chi connectivity index (χ0v) is 9.84. The molecule has 0 radical (unpaired) electrons. The van der Waals surface area contributed by atoms with Crippen LogP contribution in [0, 0.1) is 6.92 Å². The van der Waals surface area contributed by atoms with Crippen molar-refractivity contribution in [2.24, 2.45) is 5.73 Å². The lowest BCUT2D eigenvalue weighted by atomic mass is 10.1. The van der Waals surface area contributed by atoms with Gasteiger partial charge in [0.15, 0.2) is 0 Å². The smallest absolute Gasteiger partial charge is 0.248 e. The van der Waals surface area contributed by atoms with Gasteiger partial charge in [0.05, 0.1) is 0 Å². The third kappa shape index (κ3) is 3.55. The van der Waals surface area contributed by atoms with Gasteiger partial charge in [-0.15, -0.1) is 0 Å². The maximum atomic E-state index is 11.0. The van der Waals surface area contributed by atoms with Crippen LogP contribution in [0.1, 0.15) is 22.8 Å². The minimum absolute atomic E-state index is 0.378. The van der Waals surface area contributed by atoms with Crippen LogP contribution in [0.15, 0.2) is 18.2 Å². The Morgan fingerprint density at radius 2 is 2.12 bits per heavy atom. The molecule has 0 aliphatic carbocycles. The van der Waals surface area contributed by atoms with Crippen molar-refractivity contribution >= 4 is 11.6 Å². The van der Waals surface area contributed by atoms with Crippen LogP contribution in [-0.2, 0) is 0 Å². The topological polar surface area (TPSA) is 67.2 Å². The average molecular weight is 221 g/mol. The number of primary amides is 1. The monoisotopic (exact) mass is 221 g/mol. The molecule has 1 amide bonds. The van der Waals surface area contributed by atoms with Crippen LogP contribution in [0.4, 0.5) is 5.69 Å². The molecule has 0 heterocycles. The molecule has 16 heavy (non-hydrogen) atoms. The Hall–Kier alpha value is -1.55. The zero-order chi connectivity index (χ0) is 12.0. The van der Waals surface area contributed by atoms with Crippen LogP contribution >= 0.6 is 0 Å². The Balaban J connectivity index is 2.56. The fourth-order valence-corrected chi connectivity index (χ4v) is 1.52. The minimum Gasteiger partial charge on any atom is -0.384 e. The molecule has 0 aliphatic heterocycles. The number of likely N-dealkylation sites (N-methyl/N-ethyl adjacent to an activating group) is 1. The number of nitrogens with two attached hydrogens (primary N) is 1. The summed E-state index contributed by atoms with van der Waals surface area (Å²) in [7, 11) is 0. The molecule has 4 N–H and O–H groups in total. The van der Waals surface area contributed by atoms with Gasteiger partial charge in [-0.05, 0) is 37.2 Å². The van der Waals surface area contributed by atoms with Gasteiger partial charge in [0.25, 0.3) is 0 Å². The first-order chi connectivity index (χ1) is 7.65. The first kappa shape index (κ1) is 12.5. The van der Waals surface area contributed by atoms with Crippen molar-refractivity contribution in [1.29, 1.82) is 0 Å². The first-order valence-electron chi connectivity index (χ1n) is 5.50. The lowest BCUT2D eigenvalue weighted by Crippen LogP contribution is -2.21. The third-order valence-corrected chi connectivity index (χ3v) is 2.37. The van der Waals surface area contributed by atoms with Gasteiger partial charge in [-0.3, -0.25) is 4.79 Å². The van der Waals surface area contributed by atoms with Crippen molar-refractivity contribution in [2.75, 3.05) is 25.0 Å². The summed E-state index contributed by atoms with van der Waals surface area (Å²) in [6, 6.07) is 5.57. The van der Waals surface area contributed by atoms with Gasteiger partial charge in [0.2, 0.25) is 5.91 Å². The number of aryl methyl sites for hydroxylation is 1. The van der Waals surface area contributed by atoms with Crippen molar-refractivity contribution in [3.05, 3.63) is 29.3 Å². The molecular formula is C12H19N3O. The molecule has 4 nitrogen and oxygen atoms in total. The van der Waals surface area contributed by atoms with Crippen LogP contribution in [0.5, 0.6) is 0 Å². The van der Waals surface area contributed by atoms with Crippen molar-refractivity contribution in [3.63, 3.8) is 0 Å². The molecule has 0 saturated heterocycles. The fourth-order valence-electron chi connectivity index (χ4n) is 1.52. The van der Waals surface area contributed by atoms with Gasteiger partial charge < -0.3 is 16.4 Å². The van der Waals surface area contributed by atoms with E-state index in [2.05, 4.69) is 17.6 Å². The summed E-state index contributed by atoms with van der Waals surface area (Å²) in [5.41, 5.74) is 7.73. The third-order valence-electron chi connectivity index (χ3n) is 2.37. The van der Waals surface area contributed by atoms with Crippen LogP contribution in [-0.4, -0.2) is 25.5 Å². The zero-order valence-electron chi connectivity index (χ0n) is 9.84. The van der Waals surface area contributed by atoms with Crippen LogP contribution in [0.25, 0.3) is 0 Å². The van der Waals surface area contributed by atoms with Crippen molar-refractivity contribution in [2.45, 2.75) is 13.8 Å². The van der Waals surface area contributed by atoms with Crippen LogP contribution in [0.3, 0.4) is 0 Å². The molecule has 0 saturated carbocycles.